The van der Waals surface area contributed by atoms with Gasteiger partial charge < -0.3 is 15.5 Å². The van der Waals surface area contributed by atoms with Crippen LogP contribution in [-0.2, 0) is 9.59 Å². The van der Waals surface area contributed by atoms with E-state index in [4.69, 9.17) is 0 Å². The van der Waals surface area contributed by atoms with Gasteiger partial charge in [0, 0.05) is 30.6 Å². The molecule has 0 radical (unpaired) electrons. The number of amides is 3. The average molecular weight is 400 g/mol. The molecule has 158 valence electrons. The van der Waals surface area contributed by atoms with Gasteiger partial charge in [-0.3, -0.25) is 14.4 Å². The van der Waals surface area contributed by atoms with Crippen LogP contribution in [0.25, 0.3) is 0 Å². The van der Waals surface area contributed by atoms with E-state index in [1.165, 1.54) is 6.42 Å². The van der Waals surface area contributed by atoms with Crippen molar-refractivity contribution in [3.05, 3.63) is 35.4 Å². The number of piperidine rings is 1. The van der Waals surface area contributed by atoms with Gasteiger partial charge in [-0.1, -0.05) is 37.0 Å². The minimum atomic E-state index is -0.607. The molecule has 1 heterocycles. The smallest absolute Gasteiger partial charge is 0.251 e. The molecule has 1 aliphatic heterocycles. The van der Waals surface area contributed by atoms with E-state index in [-0.39, 0.29) is 23.8 Å². The van der Waals surface area contributed by atoms with Crippen molar-refractivity contribution < 1.29 is 14.4 Å². The van der Waals surface area contributed by atoms with Crippen LogP contribution in [-0.4, -0.2) is 47.8 Å². The van der Waals surface area contributed by atoms with Crippen molar-refractivity contribution in [1.29, 1.82) is 0 Å². The molecule has 2 aliphatic rings. The number of hydrogen-bond donors (Lipinski definition) is 2. The highest BCUT2D eigenvalue weighted by Crippen LogP contribution is 2.26. The zero-order chi connectivity index (χ0) is 20.8. The van der Waals surface area contributed by atoms with E-state index in [1.54, 1.807) is 19.1 Å². The van der Waals surface area contributed by atoms with Gasteiger partial charge in [0.15, 0.2) is 0 Å². The zero-order valence-electron chi connectivity index (χ0n) is 17.6. The molecular weight excluding hydrogens is 366 g/mol. The number of carbonyl (C=O) groups excluding carboxylic acids is 3. The van der Waals surface area contributed by atoms with Crippen LogP contribution in [0.4, 0.5) is 0 Å². The second-order valence-electron chi connectivity index (χ2n) is 8.51. The van der Waals surface area contributed by atoms with Gasteiger partial charge in [0.25, 0.3) is 5.91 Å². The third-order valence-corrected chi connectivity index (χ3v) is 6.13. The summed E-state index contributed by atoms with van der Waals surface area (Å²) in [6.45, 7) is 5.03. The van der Waals surface area contributed by atoms with E-state index < -0.39 is 6.04 Å². The Hall–Kier alpha value is -2.37. The number of nitrogens with one attached hydrogen (secondary N) is 2. The Balaban J connectivity index is 1.43. The average Bonchev–Trinajstić information content (AvgIpc) is 2.74. The van der Waals surface area contributed by atoms with Gasteiger partial charge in [-0.15, -0.1) is 0 Å². The van der Waals surface area contributed by atoms with Crippen LogP contribution in [0.3, 0.4) is 0 Å². The Morgan fingerprint density at radius 3 is 2.38 bits per heavy atom. The number of benzene rings is 1. The summed E-state index contributed by atoms with van der Waals surface area (Å²) >= 11 is 0. The normalized spacial score (nSPS) is 19.4. The highest BCUT2D eigenvalue weighted by atomic mass is 16.2. The van der Waals surface area contributed by atoms with E-state index >= 15 is 0 Å². The molecule has 0 bridgehead atoms. The van der Waals surface area contributed by atoms with Crippen molar-refractivity contribution in [2.45, 2.75) is 70.9 Å². The lowest BCUT2D eigenvalue weighted by molar-refractivity contribution is -0.137. The lowest BCUT2D eigenvalue weighted by Crippen LogP contribution is -2.52. The quantitative estimate of drug-likeness (QED) is 0.799. The first kappa shape index (κ1) is 21.3. The number of hydrogen-bond acceptors (Lipinski definition) is 3. The Morgan fingerprint density at radius 2 is 1.72 bits per heavy atom. The fourth-order valence-electron chi connectivity index (χ4n) is 4.31. The third-order valence-electron chi connectivity index (χ3n) is 6.13. The molecule has 1 aromatic carbocycles. The number of carbonyl (C=O) groups is 3. The molecule has 1 aliphatic carbocycles. The molecule has 1 saturated carbocycles. The summed E-state index contributed by atoms with van der Waals surface area (Å²) in [5.41, 5.74) is 1.56. The van der Waals surface area contributed by atoms with Crippen LogP contribution in [0.5, 0.6) is 0 Å². The summed E-state index contributed by atoms with van der Waals surface area (Å²) in [6.07, 6.45) is 7.15. The van der Waals surface area contributed by atoms with Crippen molar-refractivity contribution in [1.82, 2.24) is 15.5 Å². The lowest BCUT2D eigenvalue weighted by atomic mass is 9.87. The number of nitrogens with zero attached hydrogens (tertiary/aromatic N) is 1. The second kappa shape index (κ2) is 9.90. The maximum atomic E-state index is 12.7. The van der Waals surface area contributed by atoms with Gasteiger partial charge in [0.1, 0.15) is 6.04 Å². The molecule has 6 nitrogen and oxygen atoms in total. The predicted octanol–water partition coefficient (Wildman–Crippen LogP) is 2.80. The van der Waals surface area contributed by atoms with Crippen LogP contribution in [0.15, 0.2) is 24.3 Å². The molecule has 3 rings (SSSR count). The van der Waals surface area contributed by atoms with E-state index in [9.17, 15) is 14.4 Å². The largest absolute Gasteiger partial charge is 0.351 e. The Kier molecular flexibility index (Phi) is 7.29. The number of likely N-dealkylation sites (tertiary alicyclic amines) is 1. The molecule has 0 spiro atoms. The van der Waals surface area contributed by atoms with Crippen LogP contribution >= 0.6 is 0 Å². The van der Waals surface area contributed by atoms with E-state index in [0.29, 0.717) is 24.6 Å². The Bertz CT molecular complexity index is 735. The highest BCUT2D eigenvalue weighted by molar-refractivity contribution is 5.97. The van der Waals surface area contributed by atoms with Crippen LogP contribution in [0.1, 0.15) is 67.8 Å². The molecule has 3 amide bonds. The number of aryl methyl sites for hydroxylation is 1. The first-order chi connectivity index (χ1) is 13.9. The summed E-state index contributed by atoms with van der Waals surface area (Å²) in [6, 6.07) is 6.75. The first-order valence-electron chi connectivity index (χ1n) is 10.9. The lowest BCUT2D eigenvalue weighted by Gasteiger charge is -2.35. The minimum Gasteiger partial charge on any atom is -0.351 e. The summed E-state index contributed by atoms with van der Waals surface area (Å²) < 4.78 is 0. The second-order valence-corrected chi connectivity index (χ2v) is 8.51. The van der Waals surface area contributed by atoms with Crippen molar-refractivity contribution in [3.8, 4) is 0 Å². The SMILES string of the molecule is Cc1cccc(C(=O)NC(C)C(=O)NC2CCN(C(=O)C3CCCCC3)CC2)c1. The molecule has 1 atom stereocenters. The Morgan fingerprint density at radius 1 is 1.03 bits per heavy atom. The third kappa shape index (κ3) is 5.81. The van der Waals surface area contributed by atoms with Gasteiger partial charge in [-0.2, -0.15) is 0 Å². The minimum absolute atomic E-state index is 0.0521. The maximum absolute atomic E-state index is 12.7. The molecule has 2 N–H and O–H groups in total. The monoisotopic (exact) mass is 399 g/mol. The van der Waals surface area contributed by atoms with E-state index in [0.717, 1.165) is 44.1 Å². The summed E-state index contributed by atoms with van der Waals surface area (Å²) in [5.74, 6) is 0.0762. The Labute approximate surface area is 173 Å². The highest BCUT2D eigenvalue weighted by Gasteiger charge is 2.30. The summed E-state index contributed by atoms with van der Waals surface area (Å²) in [7, 11) is 0. The van der Waals surface area contributed by atoms with E-state index in [1.807, 2.05) is 24.0 Å². The van der Waals surface area contributed by atoms with Crippen LogP contribution in [0, 0.1) is 12.8 Å². The fourth-order valence-corrected chi connectivity index (χ4v) is 4.31. The fraction of sp³-hybridized carbons (Fsp3) is 0.609. The van der Waals surface area contributed by atoms with Crippen molar-refractivity contribution in [3.63, 3.8) is 0 Å². The summed E-state index contributed by atoms with van der Waals surface area (Å²) in [5, 5.41) is 5.80. The molecule has 29 heavy (non-hydrogen) atoms. The van der Waals surface area contributed by atoms with Crippen molar-refractivity contribution >= 4 is 17.7 Å². The van der Waals surface area contributed by atoms with Gasteiger partial charge in [-0.25, -0.2) is 0 Å². The van der Waals surface area contributed by atoms with Gasteiger partial charge in [-0.05, 0) is 51.7 Å². The van der Waals surface area contributed by atoms with Crippen molar-refractivity contribution in [2.24, 2.45) is 5.92 Å². The van der Waals surface area contributed by atoms with E-state index in [2.05, 4.69) is 10.6 Å². The molecule has 2 fully saturated rings. The maximum Gasteiger partial charge on any atom is 0.251 e. The van der Waals surface area contributed by atoms with Gasteiger partial charge in [0.05, 0.1) is 0 Å². The molecule has 0 aromatic heterocycles. The number of rotatable bonds is 5. The zero-order valence-corrected chi connectivity index (χ0v) is 17.6. The topological polar surface area (TPSA) is 78.5 Å². The standard InChI is InChI=1S/C23H33N3O3/c1-16-7-6-10-19(15-16)22(28)24-17(2)21(27)25-20-11-13-26(14-12-20)23(29)18-8-4-3-5-9-18/h6-7,10,15,17-18,20H,3-5,8-9,11-14H2,1-2H3,(H,24,28)(H,25,27). The van der Waals surface area contributed by atoms with Crippen LogP contribution in [0.2, 0.25) is 0 Å². The molecule has 1 unspecified atom stereocenters. The predicted molar refractivity (Wildman–Crippen MR) is 112 cm³/mol. The van der Waals surface area contributed by atoms with Gasteiger partial charge in [0.2, 0.25) is 11.8 Å². The van der Waals surface area contributed by atoms with Crippen LogP contribution < -0.4 is 10.6 Å². The van der Waals surface area contributed by atoms with Gasteiger partial charge >= 0.3 is 0 Å². The molecule has 1 aromatic rings. The molecular formula is C23H33N3O3. The molecule has 6 heteroatoms. The van der Waals surface area contributed by atoms with Crippen molar-refractivity contribution in [2.75, 3.05) is 13.1 Å². The first-order valence-corrected chi connectivity index (χ1v) is 10.9. The summed E-state index contributed by atoms with van der Waals surface area (Å²) in [4.78, 5) is 39.5. The molecule has 1 saturated heterocycles.